The van der Waals surface area contributed by atoms with E-state index in [-0.39, 0.29) is 12.5 Å². The number of halogens is 1. The molecule has 0 unspecified atom stereocenters. The summed E-state index contributed by atoms with van der Waals surface area (Å²) in [7, 11) is 0. The zero-order chi connectivity index (χ0) is 20.1. The van der Waals surface area contributed by atoms with Crippen molar-refractivity contribution in [3.8, 4) is 17.0 Å². The molecule has 4 aromatic rings. The van der Waals surface area contributed by atoms with Crippen molar-refractivity contribution in [2.45, 2.75) is 6.61 Å². The fourth-order valence-corrected chi connectivity index (χ4v) is 3.60. The Kier molecular flexibility index (Phi) is 5.84. The van der Waals surface area contributed by atoms with E-state index in [0.29, 0.717) is 21.5 Å². The van der Waals surface area contributed by atoms with Gasteiger partial charge in [0.25, 0.3) is 5.91 Å². The highest BCUT2D eigenvalue weighted by molar-refractivity contribution is 7.14. The summed E-state index contributed by atoms with van der Waals surface area (Å²) in [6.45, 7) is 0.270. The number of thiazole rings is 1. The predicted molar refractivity (Wildman–Crippen MR) is 116 cm³/mol. The molecule has 0 bridgehead atoms. The molecule has 0 spiro atoms. The number of hydrogen-bond acceptors (Lipinski definition) is 5. The average molecular weight is 422 g/mol. The summed E-state index contributed by atoms with van der Waals surface area (Å²) in [5, 5.41) is 5.86. The fraction of sp³-hybridized carbons (Fsp3) is 0.0455. The number of nitrogens with one attached hydrogen (secondary N) is 1. The highest BCUT2D eigenvalue weighted by Crippen LogP contribution is 2.26. The van der Waals surface area contributed by atoms with E-state index >= 15 is 0 Å². The number of amides is 1. The molecule has 2 heterocycles. The zero-order valence-electron chi connectivity index (χ0n) is 15.2. The molecule has 0 aliphatic rings. The van der Waals surface area contributed by atoms with Gasteiger partial charge in [-0.15, -0.1) is 11.3 Å². The van der Waals surface area contributed by atoms with Gasteiger partial charge in [-0.05, 0) is 30.3 Å². The van der Waals surface area contributed by atoms with Crippen LogP contribution in [-0.4, -0.2) is 15.9 Å². The van der Waals surface area contributed by atoms with Gasteiger partial charge in [-0.3, -0.25) is 15.1 Å². The van der Waals surface area contributed by atoms with Crippen LogP contribution in [0, 0.1) is 0 Å². The number of hydrogen-bond donors (Lipinski definition) is 1. The van der Waals surface area contributed by atoms with Gasteiger partial charge in [-0.25, -0.2) is 4.98 Å². The number of rotatable bonds is 6. The van der Waals surface area contributed by atoms with E-state index < -0.39 is 0 Å². The molecule has 29 heavy (non-hydrogen) atoms. The van der Waals surface area contributed by atoms with E-state index in [9.17, 15) is 4.79 Å². The van der Waals surface area contributed by atoms with Crippen molar-refractivity contribution in [2.75, 3.05) is 5.32 Å². The second-order valence-corrected chi connectivity index (χ2v) is 7.38. The summed E-state index contributed by atoms with van der Waals surface area (Å²) in [6, 6.07) is 18.3. The minimum atomic E-state index is -0.285. The van der Waals surface area contributed by atoms with E-state index in [0.717, 1.165) is 16.8 Å². The number of carbonyl (C=O) groups excluding carboxylic acids is 1. The summed E-state index contributed by atoms with van der Waals surface area (Å²) in [6.07, 6.45) is 3.44. The SMILES string of the molecule is O=C(Nc1nc(-c2cccnc2)cs1)c1ccccc1OCc1ccccc1Cl. The van der Waals surface area contributed by atoms with Crippen LogP contribution < -0.4 is 10.1 Å². The maximum absolute atomic E-state index is 12.8. The van der Waals surface area contributed by atoms with Gasteiger partial charge >= 0.3 is 0 Å². The van der Waals surface area contributed by atoms with E-state index in [4.69, 9.17) is 16.3 Å². The standard InChI is InChI=1S/C22H16ClN3O2S/c23-18-9-3-1-6-16(18)13-28-20-10-4-2-8-17(20)21(27)26-22-25-19(14-29-22)15-7-5-11-24-12-15/h1-12,14H,13H2,(H,25,26,27). The molecule has 7 heteroatoms. The third-order valence-corrected chi connectivity index (χ3v) is 5.28. The first kappa shape index (κ1) is 19.1. The molecular weight excluding hydrogens is 406 g/mol. The molecule has 1 N–H and O–H groups in total. The van der Waals surface area contributed by atoms with Gasteiger partial charge in [0.15, 0.2) is 5.13 Å². The number of pyridine rings is 1. The molecule has 0 aliphatic heterocycles. The maximum atomic E-state index is 12.8. The Balaban J connectivity index is 1.48. The van der Waals surface area contributed by atoms with Crippen LogP contribution in [0.3, 0.4) is 0 Å². The van der Waals surface area contributed by atoms with Crippen molar-refractivity contribution in [1.29, 1.82) is 0 Å². The molecule has 0 saturated carbocycles. The van der Waals surface area contributed by atoms with Gasteiger partial charge in [0, 0.05) is 33.9 Å². The van der Waals surface area contributed by atoms with Crippen LogP contribution >= 0.6 is 22.9 Å². The third kappa shape index (κ3) is 4.62. The number of anilines is 1. The maximum Gasteiger partial charge on any atom is 0.261 e. The molecule has 4 rings (SSSR count). The summed E-state index contributed by atoms with van der Waals surface area (Å²) in [4.78, 5) is 21.4. The Labute approximate surface area is 177 Å². The van der Waals surface area contributed by atoms with Crippen molar-refractivity contribution in [2.24, 2.45) is 0 Å². The lowest BCUT2D eigenvalue weighted by Gasteiger charge is -2.11. The third-order valence-electron chi connectivity index (χ3n) is 4.15. The Bertz CT molecular complexity index is 1130. The van der Waals surface area contributed by atoms with Gasteiger partial charge in [0.1, 0.15) is 12.4 Å². The molecule has 2 aromatic heterocycles. The molecule has 0 radical (unpaired) electrons. The Morgan fingerprint density at radius 2 is 1.90 bits per heavy atom. The van der Waals surface area contributed by atoms with Crippen LogP contribution in [-0.2, 0) is 6.61 Å². The monoisotopic (exact) mass is 421 g/mol. The van der Waals surface area contributed by atoms with E-state index in [2.05, 4.69) is 15.3 Å². The molecule has 0 saturated heterocycles. The Morgan fingerprint density at radius 1 is 1.07 bits per heavy atom. The first-order chi connectivity index (χ1) is 14.2. The highest BCUT2D eigenvalue weighted by atomic mass is 35.5. The van der Waals surface area contributed by atoms with Crippen molar-refractivity contribution in [1.82, 2.24) is 9.97 Å². The number of carbonyl (C=O) groups is 1. The lowest BCUT2D eigenvalue weighted by Crippen LogP contribution is -2.13. The Hall–Kier alpha value is -3.22. The number of para-hydroxylation sites is 1. The molecule has 0 aliphatic carbocycles. The smallest absolute Gasteiger partial charge is 0.261 e. The molecule has 1 amide bonds. The molecule has 0 fully saturated rings. The second kappa shape index (κ2) is 8.86. The lowest BCUT2D eigenvalue weighted by molar-refractivity contribution is 0.102. The summed E-state index contributed by atoms with van der Waals surface area (Å²) >= 11 is 7.54. The highest BCUT2D eigenvalue weighted by Gasteiger charge is 2.15. The molecule has 0 atom stereocenters. The van der Waals surface area contributed by atoms with Gasteiger partial charge in [0.05, 0.1) is 11.3 Å². The van der Waals surface area contributed by atoms with Crippen LogP contribution in [0.2, 0.25) is 5.02 Å². The topological polar surface area (TPSA) is 64.1 Å². The number of aromatic nitrogens is 2. The van der Waals surface area contributed by atoms with Gasteiger partial charge in [0.2, 0.25) is 0 Å². The van der Waals surface area contributed by atoms with Crippen molar-refractivity contribution in [3.05, 3.63) is 94.6 Å². The predicted octanol–water partition coefficient (Wildman–Crippen LogP) is 5.69. The minimum absolute atomic E-state index is 0.270. The normalized spacial score (nSPS) is 10.5. The first-order valence-electron chi connectivity index (χ1n) is 8.83. The number of nitrogens with zero attached hydrogens (tertiary/aromatic N) is 2. The van der Waals surface area contributed by atoms with Crippen LogP contribution in [0.15, 0.2) is 78.4 Å². The van der Waals surface area contributed by atoms with E-state index in [1.165, 1.54) is 11.3 Å². The van der Waals surface area contributed by atoms with E-state index in [1.807, 2.05) is 41.8 Å². The largest absolute Gasteiger partial charge is 0.488 e. The van der Waals surface area contributed by atoms with Crippen LogP contribution in [0.5, 0.6) is 5.75 Å². The van der Waals surface area contributed by atoms with Crippen molar-refractivity contribution in [3.63, 3.8) is 0 Å². The van der Waals surface area contributed by atoms with Gasteiger partial charge < -0.3 is 4.74 Å². The van der Waals surface area contributed by atoms with Crippen LogP contribution in [0.25, 0.3) is 11.3 Å². The average Bonchev–Trinajstić information content (AvgIpc) is 3.22. The fourth-order valence-electron chi connectivity index (χ4n) is 2.69. The zero-order valence-corrected chi connectivity index (χ0v) is 16.8. The molecule has 144 valence electrons. The summed E-state index contributed by atoms with van der Waals surface area (Å²) in [5.74, 6) is 0.195. The minimum Gasteiger partial charge on any atom is -0.488 e. The van der Waals surface area contributed by atoms with Gasteiger partial charge in [-0.2, -0.15) is 0 Å². The number of ether oxygens (including phenoxy) is 1. The summed E-state index contributed by atoms with van der Waals surface area (Å²) in [5.41, 5.74) is 2.94. The second-order valence-electron chi connectivity index (χ2n) is 6.11. The first-order valence-corrected chi connectivity index (χ1v) is 10.1. The van der Waals surface area contributed by atoms with Crippen molar-refractivity contribution < 1.29 is 9.53 Å². The lowest BCUT2D eigenvalue weighted by atomic mass is 10.2. The quantitative estimate of drug-likeness (QED) is 0.434. The van der Waals surface area contributed by atoms with E-state index in [1.54, 1.807) is 36.7 Å². The summed E-state index contributed by atoms with van der Waals surface area (Å²) < 4.78 is 5.87. The van der Waals surface area contributed by atoms with Gasteiger partial charge in [-0.1, -0.05) is 41.9 Å². The molecule has 2 aromatic carbocycles. The molecule has 5 nitrogen and oxygen atoms in total. The van der Waals surface area contributed by atoms with Crippen LogP contribution in [0.4, 0.5) is 5.13 Å². The Morgan fingerprint density at radius 3 is 2.72 bits per heavy atom. The van der Waals surface area contributed by atoms with Crippen molar-refractivity contribution >= 4 is 34.0 Å². The number of benzene rings is 2. The molecular formula is C22H16ClN3O2S. The van der Waals surface area contributed by atoms with Crippen LogP contribution in [0.1, 0.15) is 15.9 Å².